The van der Waals surface area contributed by atoms with Gasteiger partial charge in [-0.05, 0) is 87.8 Å². The van der Waals surface area contributed by atoms with Crippen LogP contribution in [0.25, 0.3) is 11.1 Å². The van der Waals surface area contributed by atoms with Crippen molar-refractivity contribution in [1.29, 1.82) is 0 Å². The maximum atomic E-state index is 14.6. The van der Waals surface area contributed by atoms with Gasteiger partial charge >= 0.3 is 6.01 Å². The normalized spacial score (nSPS) is 31.4. The molecular weight excluding hydrogens is 521 g/mol. The lowest BCUT2D eigenvalue weighted by Gasteiger charge is -2.65. The summed E-state index contributed by atoms with van der Waals surface area (Å²) >= 11 is 0. The second-order valence-electron chi connectivity index (χ2n) is 13.5. The summed E-state index contributed by atoms with van der Waals surface area (Å²) < 4.78 is 25.7. The first-order valence-electron chi connectivity index (χ1n) is 15.1. The number of carbonyl (C=O) groups excluding carboxylic acids is 1. The SMILES string of the molecule is CCOc1ncc(-c2cccc(N(CC34CCC(c5nc(C(C)C)no5)(CC3)CC4)C(=O)C34CC(F)(C3)C4)c2)cn1. The lowest BCUT2D eigenvalue weighted by atomic mass is 9.41. The summed E-state index contributed by atoms with van der Waals surface area (Å²) in [6.07, 6.45) is 10.5. The summed E-state index contributed by atoms with van der Waals surface area (Å²) in [5.41, 5.74) is 0.933. The minimum atomic E-state index is -1.13. The Kier molecular flexibility index (Phi) is 6.04. The summed E-state index contributed by atoms with van der Waals surface area (Å²) in [6, 6.07) is 8.38. The Morgan fingerprint density at radius 1 is 1.05 bits per heavy atom. The highest BCUT2D eigenvalue weighted by Gasteiger charge is 2.73. The Labute approximate surface area is 240 Å². The molecule has 216 valence electrons. The van der Waals surface area contributed by atoms with E-state index in [9.17, 15) is 9.18 Å². The molecule has 9 rings (SSSR count). The van der Waals surface area contributed by atoms with Gasteiger partial charge in [-0.2, -0.15) is 4.98 Å². The first kappa shape index (κ1) is 26.5. The topological polar surface area (TPSA) is 94.2 Å². The van der Waals surface area contributed by atoms with E-state index in [1.54, 1.807) is 12.4 Å². The van der Waals surface area contributed by atoms with E-state index in [2.05, 4.69) is 29.0 Å². The van der Waals surface area contributed by atoms with E-state index < -0.39 is 11.1 Å². The Morgan fingerprint density at radius 3 is 2.32 bits per heavy atom. The molecule has 0 radical (unpaired) electrons. The van der Waals surface area contributed by atoms with E-state index >= 15 is 0 Å². The predicted molar refractivity (Wildman–Crippen MR) is 151 cm³/mol. The van der Waals surface area contributed by atoms with Crippen LogP contribution >= 0.6 is 0 Å². The van der Waals surface area contributed by atoms with Crippen molar-refractivity contribution in [3.63, 3.8) is 0 Å². The minimum Gasteiger partial charge on any atom is -0.464 e. The van der Waals surface area contributed by atoms with E-state index in [-0.39, 0.29) is 22.7 Å². The van der Waals surface area contributed by atoms with Crippen LogP contribution in [0.15, 0.2) is 41.2 Å². The van der Waals surface area contributed by atoms with Gasteiger partial charge in [0.25, 0.3) is 0 Å². The molecule has 9 heteroatoms. The van der Waals surface area contributed by atoms with E-state index in [1.807, 2.05) is 36.1 Å². The van der Waals surface area contributed by atoms with Gasteiger partial charge in [0.05, 0.1) is 12.0 Å². The number of anilines is 1. The van der Waals surface area contributed by atoms with Crippen LogP contribution in [0.2, 0.25) is 0 Å². The molecule has 0 aliphatic heterocycles. The van der Waals surface area contributed by atoms with Crippen LogP contribution in [-0.2, 0) is 10.2 Å². The van der Waals surface area contributed by atoms with Gasteiger partial charge < -0.3 is 14.2 Å². The number of alkyl halides is 1. The van der Waals surface area contributed by atoms with Gasteiger partial charge in [0.2, 0.25) is 11.8 Å². The number of fused-ring (bicyclic) bond motifs is 3. The molecule has 6 fully saturated rings. The van der Waals surface area contributed by atoms with E-state index in [0.717, 1.165) is 67.1 Å². The molecule has 0 N–H and O–H groups in total. The highest BCUT2D eigenvalue weighted by molar-refractivity contribution is 6.00. The number of benzene rings is 1. The lowest BCUT2D eigenvalue weighted by molar-refractivity contribution is -0.211. The van der Waals surface area contributed by atoms with Crippen LogP contribution in [0.4, 0.5) is 10.1 Å². The average molecular weight is 560 g/mol. The molecule has 6 aliphatic rings. The molecular formula is C32H38FN5O3. The second kappa shape index (κ2) is 9.33. The van der Waals surface area contributed by atoms with Crippen molar-refractivity contribution in [2.45, 2.75) is 95.6 Å². The zero-order valence-corrected chi connectivity index (χ0v) is 24.2. The molecule has 6 saturated carbocycles. The number of hydrogen-bond donors (Lipinski definition) is 0. The monoisotopic (exact) mass is 559 g/mol. The maximum Gasteiger partial charge on any atom is 0.316 e. The second-order valence-corrected chi connectivity index (χ2v) is 13.5. The van der Waals surface area contributed by atoms with Crippen molar-refractivity contribution >= 4 is 11.6 Å². The summed E-state index contributed by atoms with van der Waals surface area (Å²) in [7, 11) is 0. The molecule has 0 unspecified atom stereocenters. The third-order valence-corrected chi connectivity index (χ3v) is 10.4. The predicted octanol–water partition coefficient (Wildman–Crippen LogP) is 6.57. The average Bonchev–Trinajstić information content (AvgIpc) is 3.47. The molecule has 4 bridgehead atoms. The highest BCUT2D eigenvalue weighted by atomic mass is 19.1. The number of amides is 1. The van der Waals surface area contributed by atoms with Gasteiger partial charge in [0.15, 0.2) is 5.82 Å². The standard InChI is InChI=1S/C32H38FN5O3/c1-4-40-28-34-15-23(16-35-28)22-6-5-7-24(14-22)38(27(39)31-17-32(33,18-31)19-31)20-29-8-11-30(12-9-29,13-10-29)26-36-25(21(2)3)37-41-26/h5-7,14-16,21H,4,8-13,17-20H2,1-3H3. The Morgan fingerprint density at radius 2 is 1.73 bits per heavy atom. The molecule has 1 aromatic carbocycles. The molecule has 8 nitrogen and oxygen atoms in total. The van der Waals surface area contributed by atoms with Gasteiger partial charge in [-0.15, -0.1) is 0 Å². The Balaban J connectivity index is 1.15. The van der Waals surface area contributed by atoms with Gasteiger partial charge in [0.1, 0.15) is 5.67 Å². The van der Waals surface area contributed by atoms with Crippen molar-refractivity contribution in [2.24, 2.45) is 10.8 Å². The van der Waals surface area contributed by atoms with Crippen LogP contribution in [0, 0.1) is 10.8 Å². The van der Waals surface area contributed by atoms with Crippen molar-refractivity contribution in [1.82, 2.24) is 20.1 Å². The highest BCUT2D eigenvalue weighted by Crippen LogP contribution is 2.70. The first-order valence-corrected chi connectivity index (χ1v) is 15.1. The number of carbonyl (C=O) groups is 1. The van der Waals surface area contributed by atoms with E-state index in [4.69, 9.17) is 14.2 Å². The van der Waals surface area contributed by atoms with Gasteiger partial charge in [-0.3, -0.25) is 4.79 Å². The molecule has 0 saturated heterocycles. The van der Waals surface area contributed by atoms with Crippen LogP contribution in [-0.4, -0.2) is 44.8 Å². The zero-order chi connectivity index (χ0) is 28.5. The van der Waals surface area contributed by atoms with Crippen molar-refractivity contribution in [3.05, 3.63) is 48.4 Å². The van der Waals surface area contributed by atoms with Crippen LogP contribution in [0.1, 0.15) is 96.2 Å². The third-order valence-electron chi connectivity index (χ3n) is 10.4. The third kappa shape index (κ3) is 4.34. The molecule has 0 spiro atoms. The zero-order valence-electron chi connectivity index (χ0n) is 24.2. The van der Waals surface area contributed by atoms with Gasteiger partial charge in [-0.1, -0.05) is 31.1 Å². The molecule has 41 heavy (non-hydrogen) atoms. The number of ether oxygens (including phenoxy) is 1. The summed E-state index contributed by atoms with van der Waals surface area (Å²) in [6.45, 7) is 7.21. The van der Waals surface area contributed by atoms with E-state index in [0.29, 0.717) is 38.4 Å². The number of hydrogen-bond acceptors (Lipinski definition) is 7. The van der Waals surface area contributed by atoms with Crippen LogP contribution < -0.4 is 9.64 Å². The largest absolute Gasteiger partial charge is 0.464 e. The van der Waals surface area contributed by atoms with Crippen LogP contribution in [0.5, 0.6) is 6.01 Å². The number of rotatable bonds is 9. The molecule has 6 aliphatic carbocycles. The summed E-state index contributed by atoms with van der Waals surface area (Å²) in [5.74, 6) is 1.87. The fourth-order valence-corrected chi connectivity index (χ4v) is 7.82. The molecule has 2 heterocycles. The minimum absolute atomic E-state index is 0.0213. The lowest BCUT2D eigenvalue weighted by Crippen LogP contribution is -2.71. The maximum absolute atomic E-state index is 14.6. The quantitative estimate of drug-likeness (QED) is 0.293. The molecule has 0 atom stereocenters. The fraction of sp³-hybridized carbons (Fsp3) is 0.594. The first-order chi connectivity index (χ1) is 19.7. The summed E-state index contributed by atoms with van der Waals surface area (Å²) in [4.78, 5) is 29.6. The Bertz CT molecular complexity index is 1420. The molecule has 3 aromatic rings. The number of aromatic nitrogens is 4. The Hall–Kier alpha value is -3.36. The van der Waals surface area contributed by atoms with E-state index in [1.165, 1.54) is 0 Å². The van der Waals surface area contributed by atoms with Crippen molar-refractivity contribution < 1.29 is 18.4 Å². The van der Waals surface area contributed by atoms with Gasteiger partial charge in [0, 0.05) is 41.5 Å². The number of halogens is 1. The summed E-state index contributed by atoms with van der Waals surface area (Å²) in [5, 5.41) is 4.24. The number of nitrogens with zero attached hydrogens (tertiary/aromatic N) is 5. The van der Waals surface area contributed by atoms with Crippen molar-refractivity contribution in [2.75, 3.05) is 18.1 Å². The van der Waals surface area contributed by atoms with Crippen LogP contribution in [0.3, 0.4) is 0 Å². The molecule has 1 amide bonds. The van der Waals surface area contributed by atoms with Gasteiger partial charge in [-0.25, -0.2) is 14.4 Å². The molecule has 2 aromatic heterocycles. The fourth-order valence-electron chi connectivity index (χ4n) is 7.82. The smallest absolute Gasteiger partial charge is 0.316 e. The van der Waals surface area contributed by atoms with Crippen molar-refractivity contribution in [3.8, 4) is 17.1 Å².